The molecule has 0 aromatic heterocycles. The van der Waals surface area contributed by atoms with Gasteiger partial charge in [0.2, 0.25) is 0 Å². The molecule has 4 heteroatoms. The number of hydrogen-bond acceptors (Lipinski definition) is 4. The van der Waals surface area contributed by atoms with Crippen molar-refractivity contribution < 1.29 is 9.59 Å². The van der Waals surface area contributed by atoms with Gasteiger partial charge in [-0.25, -0.2) is 0 Å². The normalized spacial score (nSPS) is 12.9. The lowest BCUT2D eigenvalue weighted by atomic mass is 9.79. The van der Waals surface area contributed by atoms with Crippen LogP contribution >= 0.6 is 0 Å². The van der Waals surface area contributed by atoms with Gasteiger partial charge in [0.1, 0.15) is 0 Å². The fraction of sp³-hybridized carbons (Fsp3) is 0.0769. The topological polar surface area (TPSA) is 81.7 Å². The summed E-state index contributed by atoms with van der Waals surface area (Å²) >= 11 is 0. The molecular weight excluding hydrogens is 372 g/mol. The Balaban J connectivity index is 1.88. The largest absolute Gasteiger partial charge is 0.289 e. The Bertz CT molecular complexity index is 1200. The van der Waals surface area contributed by atoms with Gasteiger partial charge >= 0.3 is 0 Å². The first-order valence-corrected chi connectivity index (χ1v) is 9.50. The molecule has 0 atom stereocenters. The van der Waals surface area contributed by atoms with E-state index in [0.29, 0.717) is 44.5 Å². The molecule has 0 amide bonds. The molecule has 4 rings (SSSR count). The van der Waals surface area contributed by atoms with Gasteiger partial charge in [0.25, 0.3) is 0 Å². The van der Waals surface area contributed by atoms with Crippen LogP contribution in [0.5, 0.6) is 0 Å². The number of fused-ring (bicyclic) bond motifs is 1. The van der Waals surface area contributed by atoms with Crippen LogP contribution in [0.25, 0.3) is 0 Å². The van der Waals surface area contributed by atoms with Crippen LogP contribution in [0.4, 0.5) is 0 Å². The van der Waals surface area contributed by atoms with Gasteiger partial charge in [-0.15, -0.1) is 0 Å². The minimum atomic E-state index is -0.206. The summed E-state index contributed by atoms with van der Waals surface area (Å²) in [5.41, 5.74) is 3.86. The summed E-state index contributed by atoms with van der Waals surface area (Å²) in [6.45, 7) is 0. The number of Topliss-reactive ketones (excluding diaryl/α,β-unsaturated/α-hetero) is 2. The van der Waals surface area contributed by atoms with E-state index in [1.54, 1.807) is 60.7 Å². The number of rotatable bonds is 4. The molecule has 0 heterocycles. The van der Waals surface area contributed by atoms with Crippen LogP contribution in [0.1, 0.15) is 43.0 Å². The number of ketones is 2. The summed E-state index contributed by atoms with van der Waals surface area (Å²) in [6.07, 6.45) is 0.374. The highest BCUT2D eigenvalue weighted by molar-refractivity contribution is 6.27. The number of hydrogen-bond donors (Lipinski definition) is 0. The summed E-state index contributed by atoms with van der Waals surface area (Å²) in [6, 6.07) is 25.2. The second-order valence-electron chi connectivity index (χ2n) is 7.05. The minimum absolute atomic E-state index is 0.187. The summed E-state index contributed by atoms with van der Waals surface area (Å²) in [4.78, 5) is 26.7. The molecule has 0 saturated heterocycles. The van der Waals surface area contributed by atoms with Gasteiger partial charge in [0, 0.05) is 35.1 Å². The molecule has 0 spiro atoms. The van der Waals surface area contributed by atoms with E-state index < -0.39 is 0 Å². The van der Waals surface area contributed by atoms with Crippen molar-refractivity contribution in [2.45, 2.75) is 12.8 Å². The Hall–Kier alpha value is -4.28. The van der Waals surface area contributed by atoms with E-state index in [1.807, 2.05) is 12.1 Å². The van der Waals surface area contributed by atoms with Crippen molar-refractivity contribution in [2.75, 3.05) is 0 Å². The van der Waals surface area contributed by atoms with Crippen molar-refractivity contribution in [3.8, 4) is 12.1 Å². The van der Waals surface area contributed by atoms with E-state index >= 15 is 0 Å². The van der Waals surface area contributed by atoms with E-state index in [9.17, 15) is 20.1 Å². The first kappa shape index (κ1) is 19.1. The number of benzene rings is 3. The van der Waals surface area contributed by atoms with Crippen LogP contribution in [0.2, 0.25) is 0 Å². The van der Waals surface area contributed by atoms with E-state index in [-0.39, 0.29) is 24.4 Å². The van der Waals surface area contributed by atoms with Crippen molar-refractivity contribution in [1.82, 2.24) is 0 Å². The van der Waals surface area contributed by atoms with Crippen molar-refractivity contribution in [2.24, 2.45) is 0 Å². The third kappa shape index (κ3) is 3.32. The SMILES string of the molecule is N#Cc1ccccc1CC1=C(Cc2ccccc2C#N)C(=O)c2ccccc2C1=O. The summed E-state index contributed by atoms with van der Waals surface area (Å²) in [5.74, 6) is -0.412. The molecule has 30 heavy (non-hydrogen) atoms. The Kier molecular flexibility index (Phi) is 5.08. The second kappa shape index (κ2) is 7.99. The molecule has 3 aromatic rings. The maximum Gasteiger partial charge on any atom is 0.190 e. The highest BCUT2D eigenvalue weighted by Crippen LogP contribution is 2.31. The quantitative estimate of drug-likeness (QED) is 0.654. The van der Waals surface area contributed by atoms with Crippen LogP contribution < -0.4 is 0 Å². The monoisotopic (exact) mass is 388 g/mol. The van der Waals surface area contributed by atoms with Gasteiger partial charge in [0.15, 0.2) is 11.6 Å². The molecule has 0 saturated carbocycles. The maximum atomic E-state index is 13.4. The number of carbonyl (C=O) groups excluding carboxylic acids is 2. The average molecular weight is 388 g/mol. The van der Waals surface area contributed by atoms with E-state index in [4.69, 9.17) is 0 Å². The van der Waals surface area contributed by atoms with Crippen molar-refractivity contribution in [3.05, 3.63) is 117 Å². The van der Waals surface area contributed by atoms with Gasteiger partial charge < -0.3 is 0 Å². The predicted octanol–water partition coefficient (Wildman–Crippen LogP) is 4.59. The molecule has 1 aliphatic rings. The predicted molar refractivity (Wildman–Crippen MR) is 112 cm³/mol. The summed E-state index contributed by atoms with van der Waals surface area (Å²) < 4.78 is 0. The zero-order chi connectivity index (χ0) is 21.1. The molecule has 142 valence electrons. The molecule has 1 aliphatic carbocycles. The van der Waals surface area contributed by atoms with Gasteiger partial charge in [-0.1, -0.05) is 60.7 Å². The first-order chi connectivity index (χ1) is 14.6. The van der Waals surface area contributed by atoms with E-state index in [2.05, 4.69) is 12.1 Å². The fourth-order valence-electron chi connectivity index (χ4n) is 3.80. The zero-order valence-corrected chi connectivity index (χ0v) is 16.1. The number of carbonyl (C=O) groups is 2. The fourth-order valence-corrected chi connectivity index (χ4v) is 3.80. The highest BCUT2D eigenvalue weighted by Gasteiger charge is 2.32. The van der Waals surface area contributed by atoms with Crippen LogP contribution in [-0.4, -0.2) is 11.6 Å². The number of allylic oxidation sites excluding steroid dienone is 2. The molecular formula is C26H16N2O2. The number of nitrogens with zero attached hydrogens (tertiary/aromatic N) is 2. The van der Waals surface area contributed by atoms with E-state index in [0.717, 1.165) is 0 Å². The lowest BCUT2D eigenvalue weighted by Gasteiger charge is -2.22. The summed E-state index contributed by atoms with van der Waals surface area (Å²) in [5, 5.41) is 18.9. The van der Waals surface area contributed by atoms with Crippen LogP contribution in [0.15, 0.2) is 83.9 Å². The van der Waals surface area contributed by atoms with E-state index in [1.165, 1.54) is 0 Å². The van der Waals surface area contributed by atoms with Crippen LogP contribution in [0.3, 0.4) is 0 Å². The smallest absolute Gasteiger partial charge is 0.190 e. The van der Waals surface area contributed by atoms with Gasteiger partial charge in [-0.2, -0.15) is 10.5 Å². The van der Waals surface area contributed by atoms with Gasteiger partial charge in [-0.3, -0.25) is 9.59 Å². The third-order valence-corrected chi connectivity index (χ3v) is 5.34. The van der Waals surface area contributed by atoms with Crippen LogP contribution in [-0.2, 0) is 12.8 Å². The molecule has 0 aliphatic heterocycles. The van der Waals surface area contributed by atoms with Crippen molar-refractivity contribution >= 4 is 11.6 Å². The standard InChI is InChI=1S/C26H16N2O2/c27-15-19-9-3-1-7-17(19)13-23-24(14-18-8-2-4-10-20(18)16-28)26(30)22-12-6-5-11-21(22)25(23)29/h1-12H,13-14H2. The maximum absolute atomic E-state index is 13.4. The molecule has 4 nitrogen and oxygen atoms in total. The molecule has 0 radical (unpaired) electrons. The number of nitriles is 2. The second-order valence-corrected chi connectivity index (χ2v) is 7.05. The molecule has 0 bridgehead atoms. The molecule has 0 unspecified atom stereocenters. The molecule has 0 N–H and O–H groups in total. The minimum Gasteiger partial charge on any atom is -0.289 e. The Morgan fingerprint density at radius 2 is 0.933 bits per heavy atom. The Morgan fingerprint density at radius 1 is 0.567 bits per heavy atom. The van der Waals surface area contributed by atoms with Crippen molar-refractivity contribution in [3.63, 3.8) is 0 Å². The first-order valence-electron chi connectivity index (χ1n) is 9.50. The van der Waals surface area contributed by atoms with Crippen molar-refractivity contribution in [1.29, 1.82) is 10.5 Å². The summed E-state index contributed by atoms with van der Waals surface area (Å²) in [7, 11) is 0. The lowest BCUT2D eigenvalue weighted by molar-refractivity contribution is 0.0971. The highest BCUT2D eigenvalue weighted by atomic mass is 16.1. The average Bonchev–Trinajstić information content (AvgIpc) is 2.80. The zero-order valence-electron chi connectivity index (χ0n) is 16.1. The molecule has 3 aromatic carbocycles. The van der Waals surface area contributed by atoms with Gasteiger partial charge in [0.05, 0.1) is 23.3 Å². The lowest BCUT2D eigenvalue weighted by Crippen LogP contribution is -2.24. The van der Waals surface area contributed by atoms with Crippen LogP contribution in [0, 0.1) is 22.7 Å². The third-order valence-electron chi connectivity index (χ3n) is 5.34. The Labute approximate surface area is 174 Å². The molecule has 0 fully saturated rings. The Morgan fingerprint density at radius 3 is 1.33 bits per heavy atom. The van der Waals surface area contributed by atoms with Gasteiger partial charge in [-0.05, 0) is 23.3 Å².